The van der Waals surface area contributed by atoms with E-state index in [2.05, 4.69) is 16.9 Å². The second-order valence-electron chi connectivity index (χ2n) is 19.1. The van der Waals surface area contributed by atoms with Crippen molar-refractivity contribution in [1.29, 1.82) is 0 Å². The summed E-state index contributed by atoms with van der Waals surface area (Å²) in [5, 5.41) is 20.6. The number of hydrogen-bond acceptors (Lipinski definition) is 16. The number of halogens is 2. The van der Waals surface area contributed by atoms with E-state index in [-0.39, 0.29) is 29.8 Å². The summed E-state index contributed by atoms with van der Waals surface area (Å²) in [7, 11) is 1.40. The first-order valence-corrected chi connectivity index (χ1v) is 26.3. The Balaban J connectivity index is 1.37. The summed E-state index contributed by atoms with van der Waals surface area (Å²) in [5.41, 5.74) is 5.38. The molecule has 0 unspecified atom stereocenters. The summed E-state index contributed by atoms with van der Waals surface area (Å²) >= 11 is 1.98. The van der Waals surface area contributed by atoms with E-state index in [1.807, 2.05) is 69.2 Å². The number of ether oxygens (including phenoxy) is 6. The van der Waals surface area contributed by atoms with Gasteiger partial charge < -0.3 is 44.2 Å². The minimum absolute atomic E-state index is 0.135. The monoisotopic (exact) mass is 1090 g/mol. The smallest absolute Gasteiger partial charge is 0.410 e. The lowest BCUT2D eigenvalue weighted by atomic mass is 9.73. The Bertz CT molecular complexity index is 2190. The number of fused-ring (bicyclic) bond motifs is 1. The number of alkyl halides is 2. The van der Waals surface area contributed by atoms with Crippen LogP contribution in [0.3, 0.4) is 0 Å². The van der Waals surface area contributed by atoms with Crippen LogP contribution in [0.15, 0.2) is 47.5 Å². The molecule has 3 fully saturated rings. The molecular weight excluding hydrogens is 1020 g/mol. The predicted octanol–water partition coefficient (Wildman–Crippen LogP) is 4.81. The maximum Gasteiger partial charge on any atom is 0.410 e. The Morgan fingerprint density at radius 3 is 2.37 bits per heavy atom. The molecule has 1 amide bonds. The minimum Gasteiger partial charge on any atom is -0.458 e. The molecule has 0 bridgehead atoms. The minimum atomic E-state index is -3.43. The van der Waals surface area contributed by atoms with E-state index in [4.69, 9.17) is 34.2 Å². The number of hydrogen-bond donors (Lipinski definition) is 2. The van der Waals surface area contributed by atoms with Crippen LogP contribution < -0.4 is 5.73 Å². The molecule has 15 atom stereocenters. The number of nitrogens with zero attached hydrogens (tertiary/aromatic N) is 5. The van der Waals surface area contributed by atoms with Gasteiger partial charge in [-0.25, -0.2) is 22.3 Å². The van der Waals surface area contributed by atoms with E-state index in [9.17, 15) is 32.3 Å². The van der Waals surface area contributed by atoms with Crippen LogP contribution in [0.5, 0.6) is 0 Å². The third-order valence-corrected chi connectivity index (χ3v) is 16.8. The van der Waals surface area contributed by atoms with Crippen LogP contribution in [0.25, 0.3) is 0 Å². The molecule has 0 spiro atoms. The molecule has 3 saturated heterocycles. The first kappa shape index (κ1) is 55.8. The first-order chi connectivity index (χ1) is 31.9. The maximum atomic E-state index is 14.7. The highest BCUT2D eigenvalue weighted by atomic mass is 127. The highest BCUT2D eigenvalue weighted by molar-refractivity contribution is 14.1. The lowest BCUT2D eigenvalue weighted by molar-refractivity contribution is -0.288. The molecule has 3 aliphatic rings. The highest BCUT2D eigenvalue weighted by Gasteiger charge is 2.59. The highest BCUT2D eigenvalue weighted by Crippen LogP contribution is 2.45. The number of aliphatic hydroxyl groups excluding tert-OH is 1. The quantitative estimate of drug-likeness (QED) is 0.0757. The number of ketones is 1. The Labute approximate surface area is 414 Å². The molecule has 21 heteroatoms. The number of carbonyl (C=O) groups excluding carboxylic acids is 3. The van der Waals surface area contributed by atoms with Crippen molar-refractivity contribution in [3.8, 4) is 0 Å². The van der Waals surface area contributed by atoms with Crippen LogP contribution >= 0.6 is 22.6 Å². The van der Waals surface area contributed by atoms with Gasteiger partial charge in [-0.05, 0) is 77.6 Å². The number of sulfone groups is 1. The van der Waals surface area contributed by atoms with E-state index >= 15 is 0 Å². The van der Waals surface area contributed by atoms with Gasteiger partial charge in [-0.2, -0.15) is 0 Å². The van der Waals surface area contributed by atoms with Crippen LogP contribution in [-0.4, -0.2) is 168 Å². The van der Waals surface area contributed by atoms with Gasteiger partial charge in [0, 0.05) is 64.7 Å². The number of amides is 1. The SMILES string of the molecule is C=C1[C@H](C)C[C@@](C)(OC)[C@H](O[C@@H]2O[C@H](C)C[C@H](N(C)CCc3cn([C@H](CF)[C@H](OC)c4ccc(S(C)(=O)=O)cc4)nn3)[C@H]2O)[C@@H](I)C(=O)[C@@H](C)C(=O)O[C@H](CC)[C@@]2(C)OC(=O)N(CCN)[C@@H]2[C@H]1C. The van der Waals surface area contributed by atoms with Crippen LogP contribution in [-0.2, 0) is 54.3 Å². The van der Waals surface area contributed by atoms with E-state index in [0.717, 1.165) is 11.8 Å². The molecule has 68 heavy (non-hydrogen) atoms. The number of esters is 1. The summed E-state index contributed by atoms with van der Waals surface area (Å²) in [6.07, 6.45) is -1.99. The average Bonchev–Trinajstić information content (AvgIpc) is 3.88. The van der Waals surface area contributed by atoms with E-state index in [1.54, 1.807) is 30.2 Å². The van der Waals surface area contributed by atoms with Crippen molar-refractivity contribution in [3.63, 3.8) is 0 Å². The molecule has 0 saturated carbocycles. The third-order valence-electron chi connectivity index (χ3n) is 14.4. The first-order valence-electron chi connectivity index (χ1n) is 23.2. The fourth-order valence-corrected chi connectivity index (χ4v) is 12.3. The van der Waals surface area contributed by atoms with E-state index in [0.29, 0.717) is 43.5 Å². The fraction of sp³-hybridized carbons (Fsp3) is 0.723. The van der Waals surface area contributed by atoms with Gasteiger partial charge >= 0.3 is 12.1 Å². The largest absolute Gasteiger partial charge is 0.458 e. The molecule has 1 aromatic carbocycles. The van der Waals surface area contributed by atoms with Gasteiger partial charge in [0.25, 0.3) is 0 Å². The van der Waals surface area contributed by atoms with Crippen LogP contribution in [0, 0.1) is 17.8 Å². The Morgan fingerprint density at radius 2 is 1.79 bits per heavy atom. The summed E-state index contributed by atoms with van der Waals surface area (Å²) in [6.45, 7) is 17.2. The van der Waals surface area contributed by atoms with Crippen molar-refractivity contribution >= 4 is 50.3 Å². The van der Waals surface area contributed by atoms with Crippen LogP contribution in [0.2, 0.25) is 0 Å². The fourth-order valence-electron chi connectivity index (χ4n) is 10.2. The molecule has 5 rings (SSSR count). The molecule has 3 N–H and O–H groups in total. The Morgan fingerprint density at radius 1 is 1.13 bits per heavy atom. The molecule has 3 aliphatic heterocycles. The molecule has 2 aromatic rings. The molecule has 18 nitrogen and oxygen atoms in total. The zero-order valence-corrected chi connectivity index (χ0v) is 44.1. The van der Waals surface area contributed by atoms with Gasteiger partial charge in [0.1, 0.15) is 43.1 Å². The molecule has 0 aliphatic carbocycles. The molecule has 1 aromatic heterocycles. The zero-order valence-electron chi connectivity index (χ0n) is 41.2. The number of methoxy groups -OCH3 is 2. The van der Waals surface area contributed by atoms with E-state index < -0.39 is 110 Å². The topological polar surface area (TPSA) is 224 Å². The summed E-state index contributed by atoms with van der Waals surface area (Å²) in [5.74, 6) is -3.17. The van der Waals surface area contributed by atoms with Crippen molar-refractivity contribution in [1.82, 2.24) is 24.8 Å². The molecular formula is C47H72FIN6O12S. The van der Waals surface area contributed by atoms with Crippen molar-refractivity contribution in [3.05, 3.63) is 53.9 Å². The van der Waals surface area contributed by atoms with Crippen molar-refractivity contribution in [2.75, 3.05) is 53.8 Å². The number of rotatable bonds is 16. The molecule has 382 valence electrons. The standard InChI is InChI=1S/C47H72FIN6O12S/c1-13-36-47(8)41(54(21-19-50)45(59)67-47)29(5)28(4)26(2)23-46(7,63-11)42(37(49)38(56)30(6)43(58)65-36)66-44-39(57)34(22-27(3)64-44)53(9)20-18-32-25-55(52-51-32)35(24-48)40(62-10)31-14-16-33(17-15-31)68(12,60)61/h14-17,25-27,29-30,34-37,39-42,44,57H,4,13,18-24,50H2,1-3,5-12H3/t26-,27-,29+,30-,34+,35-,36-,37+,39-,40-,41-,42-,44+,46-,47-/m1/s1. The summed E-state index contributed by atoms with van der Waals surface area (Å²) in [4.78, 5) is 45.6. The normalized spacial score (nSPS) is 34.3. The number of aromatic nitrogens is 3. The molecule has 4 heterocycles. The lowest BCUT2D eigenvalue weighted by Crippen LogP contribution is -2.60. The Kier molecular flexibility index (Phi) is 18.8. The average molecular weight is 1090 g/mol. The molecule has 0 radical (unpaired) electrons. The summed E-state index contributed by atoms with van der Waals surface area (Å²) < 4.78 is 76.4. The van der Waals surface area contributed by atoms with Gasteiger partial charge in [-0.15, -0.1) is 5.10 Å². The number of likely N-dealkylation sites (N-methyl/N-ethyl adjacent to an activating group) is 1. The number of cyclic esters (lactones) is 1. The third kappa shape index (κ3) is 11.8. The van der Waals surface area contributed by atoms with Gasteiger partial charge in [0.15, 0.2) is 27.5 Å². The van der Waals surface area contributed by atoms with Crippen LogP contribution in [0.4, 0.5) is 9.18 Å². The second kappa shape index (κ2) is 22.9. The number of nitrogens with two attached hydrogens (primary N) is 1. The number of carbonyl (C=O) groups is 3. The Hall–Kier alpha value is -3.16. The zero-order chi connectivity index (χ0) is 50.6. The van der Waals surface area contributed by atoms with Crippen molar-refractivity contribution in [2.45, 2.75) is 149 Å². The maximum absolute atomic E-state index is 14.7. The number of aliphatic hydroxyl groups is 1. The number of Topliss-reactive ketones (excluding diaryl/α,β-unsaturated/α-hetero) is 1. The van der Waals surface area contributed by atoms with Gasteiger partial charge in [0.2, 0.25) is 0 Å². The lowest BCUT2D eigenvalue weighted by Gasteiger charge is -2.47. The van der Waals surface area contributed by atoms with Crippen molar-refractivity contribution < 1.29 is 60.7 Å². The number of benzene rings is 1. The predicted molar refractivity (Wildman–Crippen MR) is 258 cm³/mol. The van der Waals surface area contributed by atoms with Crippen molar-refractivity contribution in [2.24, 2.45) is 23.5 Å². The van der Waals surface area contributed by atoms with Gasteiger partial charge in [-0.3, -0.25) is 14.5 Å². The summed E-state index contributed by atoms with van der Waals surface area (Å²) in [6, 6.07) is 4.11. The van der Waals surface area contributed by atoms with Gasteiger partial charge in [-0.1, -0.05) is 72.9 Å². The van der Waals surface area contributed by atoms with Crippen LogP contribution in [0.1, 0.15) is 91.1 Å². The second-order valence-corrected chi connectivity index (χ2v) is 22.5. The van der Waals surface area contributed by atoms with E-state index in [1.165, 1.54) is 38.0 Å². The van der Waals surface area contributed by atoms with Gasteiger partial charge in [0.05, 0.1) is 32.3 Å².